The first-order valence-electron chi connectivity index (χ1n) is 10.7. The molecule has 0 unspecified atom stereocenters. The van der Waals surface area contributed by atoms with Gasteiger partial charge >= 0.3 is 0 Å². The minimum atomic E-state index is -0.513. The fourth-order valence-electron chi connectivity index (χ4n) is 5.27. The number of hydrogen-bond donors (Lipinski definition) is 1. The van der Waals surface area contributed by atoms with Crippen LogP contribution in [0.1, 0.15) is 50.5 Å². The highest BCUT2D eigenvalue weighted by atomic mass is 127. The maximum absolute atomic E-state index is 13.3. The van der Waals surface area contributed by atoms with Gasteiger partial charge in [0.1, 0.15) is 5.84 Å². The van der Waals surface area contributed by atoms with Crippen LogP contribution in [0.15, 0.2) is 27.5 Å². The molecule has 0 spiro atoms. The Hall–Kier alpha value is -0.990. The summed E-state index contributed by atoms with van der Waals surface area (Å²) in [5, 5.41) is 0.771. The average Bonchev–Trinajstić information content (AvgIpc) is 3.12. The number of fused-ring (bicyclic) bond motifs is 1. The summed E-state index contributed by atoms with van der Waals surface area (Å²) in [6.45, 7) is 2.39. The number of carbonyl (C=O) groups excluding carboxylic acids is 1. The van der Waals surface area contributed by atoms with Crippen LogP contribution in [0.3, 0.4) is 0 Å². The van der Waals surface area contributed by atoms with Crippen LogP contribution in [0, 0.1) is 5.92 Å². The van der Waals surface area contributed by atoms with Crippen LogP contribution in [-0.4, -0.2) is 50.9 Å². The van der Waals surface area contributed by atoms with Crippen LogP contribution < -0.4 is 5.73 Å². The van der Waals surface area contributed by atoms with Crippen molar-refractivity contribution in [3.63, 3.8) is 0 Å². The second-order valence-electron chi connectivity index (χ2n) is 8.82. The van der Waals surface area contributed by atoms with E-state index in [-0.39, 0.29) is 11.3 Å². The molecule has 2 saturated carbocycles. The zero-order valence-electron chi connectivity index (χ0n) is 16.6. The molecule has 1 saturated heterocycles. The summed E-state index contributed by atoms with van der Waals surface area (Å²) < 4.78 is 5.87. The lowest BCUT2D eigenvalue weighted by Crippen LogP contribution is -2.59. The van der Waals surface area contributed by atoms with Gasteiger partial charge in [-0.3, -0.25) is 4.79 Å². The van der Waals surface area contributed by atoms with Gasteiger partial charge in [0.15, 0.2) is 3.63 Å². The van der Waals surface area contributed by atoms with Crippen molar-refractivity contribution in [2.45, 2.75) is 56.4 Å². The molecule has 7 heteroatoms. The van der Waals surface area contributed by atoms with Gasteiger partial charge in [-0.25, -0.2) is 3.21 Å². The minimum Gasteiger partial charge on any atom is -0.332 e. The van der Waals surface area contributed by atoms with Gasteiger partial charge in [-0.1, -0.05) is 30.2 Å². The third-order valence-electron chi connectivity index (χ3n) is 7.38. The van der Waals surface area contributed by atoms with Crippen LogP contribution in [0.25, 0.3) is 0 Å². The highest BCUT2D eigenvalue weighted by Crippen LogP contribution is 2.42. The molecule has 0 aromatic heterocycles. The molecule has 0 radical (unpaired) electrons. The monoisotopic (exact) mass is 526 g/mol. The molecule has 1 amide bonds. The molecule has 2 heterocycles. The standard InChI is InChI=1S/C22H28ClIN4O/c23-17-6-2-5-16(13-17)22(14-25)9-7-18(8-10-22)27-11-12-28-19(21(27)29)24-26-20(28)15-3-1-4-15/h2,5-6,13,15,18H,1,3-4,7-12,14,25H2. The van der Waals surface area contributed by atoms with Crippen molar-refractivity contribution < 1.29 is 4.79 Å². The highest BCUT2D eigenvalue weighted by Gasteiger charge is 2.44. The molecular formula is C22H28ClIN4O. The lowest BCUT2D eigenvalue weighted by atomic mass is 9.68. The second kappa shape index (κ2) is 7.93. The Balaban J connectivity index is 1.26. The first-order valence-corrected chi connectivity index (χ1v) is 13.2. The maximum atomic E-state index is 13.3. The predicted octanol–water partition coefficient (Wildman–Crippen LogP) is 3.85. The first kappa shape index (κ1) is 19.9. The Morgan fingerprint density at radius 3 is 2.66 bits per heavy atom. The Morgan fingerprint density at radius 2 is 2.00 bits per heavy atom. The van der Waals surface area contributed by atoms with Crippen molar-refractivity contribution in [2.24, 2.45) is 14.9 Å². The quantitative estimate of drug-likeness (QED) is 0.606. The third-order valence-corrected chi connectivity index (χ3v) is 9.85. The van der Waals surface area contributed by atoms with Crippen molar-refractivity contribution in [1.82, 2.24) is 9.80 Å². The number of nitrogens with two attached hydrogens (primary N) is 1. The van der Waals surface area contributed by atoms with E-state index in [2.05, 4.69) is 21.9 Å². The average molecular weight is 527 g/mol. The first-order chi connectivity index (χ1) is 14.1. The Labute approximate surface area is 187 Å². The van der Waals surface area contributed by atoms with Crippen molar-refractivity contribution in [3.05, 3.63) is 34.9 Å². The van der Waals surface area contributed by atoms with E-state index < -0.39 is 21.0 Å². The summed E-state index contributed by atoms with van der Waals surface area (Å²) in [5.41, 5.74) is 7.49. The van der Waals surface area contributed by atoms with Crippen LogP contribution in [0.4, 0.5) is 0 Å². The maximum Gasteiger partial charge on any atom is 0.278 e. The Kier molecular flexibility index (Phi) is 5.45. The normalized spacial score (nSPS) is 30.3. The summed E-state index contributed by atoms with van der Waals surface area (Å²) in [4.78, 5) is 17.7. The van der Waals surface area contributed by atoms with E-state index in [4.69, 9.17) is 20.5 Å². The van der Waals surface area contributed by atoms with Crippen molar-refractivity contribution in [1.29, 1.82) is 0 Å². The van der Waals surface area contributed by atoms with Gasteiger partial charge in [-0.2, -0.15) is 0 Å². The van der Waals surface area contributed by atoms with Gasteiger partial charge in [0, 0.05) is 42.0 Å². The number of rotatable bonds is 4. The molecule has 2 aliphatic heterocycles. The number of benzene rings is 1. The lowest BCUT2D eigenvalue weighted by molar-refractivity contribution is -0.129. The van der Waals surface area contributed by atoms with Gasteiger partial charge in [-0.05, 0) is 56.2 Å². The van der Waals surface area contributed by atoms with E-state index in [0.717, 1.165) is 47.4 Å². The molecule has 1 aromatic carbocycles. The number of hydrogen-bond acceptors (Lipinski definition) is 4. The lowest BCUT2D eigenvalue weighted by Gasteiger charge is -2.46. The van der Waals surface area contributed by atoms with E-state index >= 15 is 0 Å². The van der Waals surface area contributed by atoms with Crippen molar-refractivity contribution >= 4 is 48.0 Å². The number of halogens is 2. The summed E-state index contributed by atoms with van der Waals surface area (Å²) in [7, 11) is 0. The molecule has 5 rings (SSSR count). The molecule has 5 nitrogen and oxygen atoms in total. The minimum absolute atomic E-state index is 0.0137. The molecule has 2 N–H and O–H groups in total. The number of piperazine rings is 1. The molecule has 0 bridgehead atoms. The summed E-state index contributed by atoms with van der Waals surface area (Å²) in [6, 6.07) is 8.48. The van der Waals surface area contributed by atoms with Gasteiger partial charge < -0.3 is 15.5 Å². The molecule has 4 aliphatic rings. The third kappa shape index (κ3) is 3.45. The van der Waals surface area contributed by atoms with E-state index in [1.165, 1.54) is 30.7 Å². The fraction of sp³-hybridized carbons (Fsp3) is 0.591. The molecular weight excluding hydrogens is 499 g/mol. The van der Waals surface area contributed by atoms with Crippen LogP contribution in [0.2, 0.25) is 5.02 Å². The van der Waals surface area contributed by atoms with Crippen LogP contribution in [0.5, 0.6) is 0 Å². The van der Waals surface area contributed by atoms with E-state index in [0.29, 0.717) is 18.5 Å². The van der Waals surface area contributed by atoms with Crippen LogP contribution in [-0.2, 0) is 10.2 Å². The van der Waals surface area contributed by atoms with Crippen molar-refractivity contribution in [2.75, 3.05) is 19.6 Å². The molecule has 0 atom stereocenters. The SMILES string of the molecule is NCC1(c2cccc(Cl)c2)CCC(N2CCN3C(C4CCC4)=NI=C3C2=O)CC1. The summed E-state index contributed by atoms with van der Waals surface area (Å²) in [6.07, 6.45) is 7.85. The Bertz CT molecular complexity index is 873. The van der Waals surface area contributed by atoms with E-state index in [9.17, 15) is 4.79 Å². The molecule has 2 aliphatic carbocycles. The molecule has 29 heavy (non-hydrogen) atoms. The highest BCUT2D eigenvalue weighted by molar-refractivity contribution is 14.2. The van der Waals surface area contributed by atoms with E-state index in [1.807, 2.05) is 12.1 Å². The molecule has 156 valence electrons. The number of amides is 1. The van der Waals surface area contributed by atoms with Gasteiger partial charge in [0.05, 0.1) is 21.0 Å². The van der Waals surface area contributed by atoms with E-state index in [1.54, 1.807) is 0 Å². The smallest absolute Gasteiger partial charge is 0.278 e. The number of amidine groups is 1. The number of carbonyl (C=O) groups is 1. The zero-order valence-corrected chi connectivity index (χ0v) is 19.5. The van der Waals surface area contributed by atoms with Gasteiger partial charge in [0.25, 0.3) is 5.91 Å². The van der Waals surface area contributed by atoms with Gasteiger partial charge in [0.2, 0.25) is 0 Å². The Morgan fingerprint density at radius 1 is 1.21 bits per heavy atom. The van der Waals surface area contributed by atoms with Crippen molar-refractivity contribution in [3.8, 4) is 0 Å². The van der Waals surface area contributed by atoms with Gasteiger partial charge in [-0.15, -0.1) is 0 Å². The summed E-state index contributed by atoms with van der Waals surface area (Å²) in [5.74, 6) is 2.11. The number of nitrogens with zero attached hydrogens (tertiary/aromatic N) is 3. The largest absolute Gasteiger partial charge is 0.332 e. The second-order valence-corrected chi connectivity index (χ2v) is 11.2. The topological polar surface area (TPSA) is 61.9 Å². The summed E-state index contributed by atoms with van der Waals surface area (Å²) >= 11 is 5.73. The molecule has 1 aromatic rings. The fourth-order valence-corrected chi connectivity index (χ4v) is 7.85. The molecule has 3 fully saturated rings. The predicted molar refractivity (Wildman–Crippen MR) is 127 cm³/mol. The van der Waals surface area contributed by atoms with Crippen LogP contribution >= 0.6 is 32.6 Å². The zero-order chi connectivity index (χ0) is 20.0.